The number of benzene rings is 2. The maximum atomic E-state index is 11.9. The summed E-state index contributed by atoms with van der Waals surface area (Å²) in [5.41, 5.74) is 2.20. The van der Waals surface area contributed by atoms with Gasteiger partial charge in [0.25, 0.3) is 0 Å². The van der Waals surface area contributed by atoms with Crippen LogP contribution in [0.2, 0.25) is 0 Å². The van der Waals surface area contributed by atoms with Gasteiger partial charge >= 0.3 is 11.9 Å². The van der Waals surface area contributed by atoms with E-state index in [0.29, 0.717) is 17.1 Å². The topological polar surface area (TPSA) is 93.1 Å². The molecule has 146 valence electrons. The molecule has 0 radical (unpaired) electrons. The van der Waals surface area contributed by atoms with Gasteiger partial charge in [-0.25, -0.2) is 9.59 Å². The fourth-order valence-corrected chi connectivity index (χ4v) is 2.68. The van der Waals surface area contributed by atoms with Crippen molar-refractivity contribution in [3.63, 3.8) is 0 Å². The third-order valence-electron chi connectivity index (χ3n) is 4.17. The molecule has 0 saturated carbocycles. The van der Waals surface area contributed by atoms with Gasteiger partial charge in [0, 0.05) is 18.1 Å². The second-order valence-corrected chi connectivity index (χ2v) is 6.03. The van der Waals surface area contributed by atoms with Crippen LogP contribution in [0.25, 0.3) is 0 Å². The van der Waals surface area contributed by atoms with E-state index in [1.807, 2.05) is 12.1 Å². The molecule has 0 aliphatic rings. The first-order chi connectivity index (χ1) is 13.4. The van der Waals surface area contributed by atoms with Crippen molar-refractivity contribution in [3.05, 3.63) is 83.0 Å². The monoisotopic (exact) mass is 382 g/mol. The van der Waals surface area contributed by atoms with Gasteiger partial charge in [-0.05, 0) is 47.4 Å². The predicted octanol–water partition coefficient (Wildman–Crippen LogP) is 3.51. The summed E-state index contributed by atoms with van der Waals surface area (Å²) >= 11 is 0. The molecular weight excluding hydrogens is 360 g/mol. The number of allylic oxidation sites excluding steroid dienone is 2. The number of carboxylic acid groups (broad SMARTS) is 2. The molecule has 0 amide bonds. The summed E-state index contributed by atoms with van der Waals surface area (Å²) in [5.74, 6) is -0.864. The van der Waals surface area contributed by atoms with E-state index in [-0.39, 0.29) is 18.4 Å². The second kappa shape index (κ2) is 9.97. The highest BCUT2D eigenvalue weighted by molar-refractivity contribution is 5.89. The predicted molar refractivity (Wildman–Crippen MR) is 105 cm³/mol. The minimum absolute atomic E-state index is 0.137. The Morgan fingerprint density at radius 1 is 0.786 bits per heavy atom. The Balaban J connectivity index is 2.40. The highest BCUT2D eigenvalue weighted by Crippen LogP contribution is 2.21. The summed E-state index contributed by atoms with van der Waals surface area (Å²) in [4.78, 5) is 22.9. The maximum absolute atomic E-state index is 11.9. The first-order valence-electron chi connectivity index (χ1n) is 8.55. The second-order valence-electron chi connectivity index (χ2n) is 6.03. The highest BCUT2D eigenvalue weighted by atomic mass is 16.5. The fraction of sp³-hybridized carbons (Fsp3) is 0.182. The molecule has 2 N–H and O–H groups in total. The summed E-state index contributed by atoms with van der Waals surface area (Å²) in [7, 11) is 3.12. The number of hydrogen-bond acceptors (Lipinski definition) is 4. The number of carboxylic acids is 2. The van der Waals surface area contributed by atoms with Crippen molar-refractivity contribution in [2.24, 2.45) is 0 Å². The molecule has 0 fully saturated rings. The van der Waals surface area contributed by atoms with Crippen LogP contribution in [-0.4, -0.2) is 36.4 Å². The van der Waals surface area contributed by atoms with Gasteiger partial charge in [-0.1, -0.05) is 30.3 Å². The van der Waals surface area contributed by atoms with Crippen LogP contribution in [0.3, 0.4) is 0 Å². The van der Waals surface area contributed by atoms with Crippen LogP contribution in [0.1, 0.15) is 11.1 Å². The van der Waals surface area contributed by atoms with Crippen molar-refractivity contribution >= 4 is 11.9 Å². The van der Waals surface area contributed by atoms with Crippen molar-refractivity contribution in [1.82, 2.24) is 0 Å². The molecule has 2 aromatic rings. The Morgan fingerprint density at radius 2 is 1.25 bits per heavy atom. The van der Waals surface area contributed by atoms with Gasteiger partial charge in [0.05, 0.1) is 14.2 Å². The van der Waals surface area contributed by atoms with Crippen LogP contribution in [0.5, 0.6) is 11.5 Å². The molecule has 2 rings (SSSR count). The normalized spacial score (nSPS) is 11.8. The number of rotatable bonds is 9. The lowest BCUT2D eigenvalue weighted by Crippen LogP contribution is -2.09. The number of methoxy groups -OCH3 is 2. The minimum atomic E-state index is -1.14. The zero-order chi connectivity index (χ0) is 20.5. The van der Waals surface area contributed by atoms with E-state index in [0.717, 1.165) is 17.2 Å². The Bertz CT molecular complexity index is 876. The maximum Gasteiger partial charge on any atom is 0.332 e. The van der Waals surface area contributed by atoms with Crippen LogP contribution in [0.4, 0.5) is 0 Å². The summed E-state index contributed by atoms with van der Waals surface area (Å²) in [6, 6.07) is 14.3. The molecule has 0 spiro atoms. The fourth-order valence-electron chi connectivity index (χ4n) is 2.68. The van der Waals surface area contributed by atoms with Crippen LogP contribution >= 0.6 is 0 Å². The minimum Gasteiger partial charge on any atom is -0.497 e. The molecule has 0 unspecified atom stereocenters. The van der Waals surface area contributed by atoms with E-state index >= 15 is 0 Å². The summed E-state index contributed by atoms with van der Waals surface area (Å²) in [5, 5.41) is 18.7. The molecule has 0 bridgehead atoms. The van der Waals surface area contributed by atoms with E-state index in [9.17, 15) is 14.7 Å². The Labute approximate surface area is 163 Å². The molecule has 6 nitrogen and oxygen atoms in total. The zero-order valence-corrected chi connectivity index (χ0v) is 15.7. The van der Waals surface area contributed by atoms with E-state index in [2.05, 4.69) is 0 Å². The molecule has 28 heavy (non-hydrogen) atoms. The van der Waals surface area contributed by atoms with Crippen molar-refractivity contribution < 1.29 is 29.3 Å². The molecule has 6 heteroatoms. The van der Waals surface area contributed by atoms with Crippen LogP contribution < -0.4 is 9.47 Å². The molecular formula is C22H22O6. The number of aliphatic carboxylic acids is 2. The lowest BCUT2D eigenvalue weighted by molar-refractivity contribution is -0.133. The molecule has 0 aliphatic carbocycles. The van der Waals surface area contributed by atoms with Gasteiger partial charge in [-0.2, -0.15) is 0 Å². The van der Waals surface area contributed by atoms with Gasteiger partial charge in [-0.3, -0.25) is 0 Å². The van der Waals surface area contributed by atoms with Crippen LogP contribution in [-0.2, 0) is 22.4 Å². The van der Waals surface area contributed by atoms with E-state index in [1.54, 1.807) is 50.6 Å². The van der Waals surface area contributed by atoms with Crippen molar-refractivity contribution in [3.8, 4) is 11.5 Å². The van der Waals surface area contributed by atoms with Crippen LogP contribution in [0.15, 0.2) is 71.8 Å². The number of carbonyl (C=O) groups is 2. The molecule has 2 aromatic carbocycles. The average Bonchev–Trinajstić information content (AvgIpc) is 2.70. The smallest absolute Gasteiger partial charge is 0.332 e. The lowest BCUT2D eigenvalue weighted by Gasteiger charge is -2.11. The average molecular weight is 382 g/mol. The largest absolute Gasteiger partial charge is 0.497 e. The summed E-state index contributed by atoms with van der Waals surface area (Å²) in [6.45, 7) is 0. The quantitative estimate of drug-likeness (QED) is 0.509. The zero-order valence-electron chi connectivity index (χ0n) is 15.7. The van der Waals surface area contributed by atoms with Crippen LogP contribution in [0, 0.1) is 0 Å². The molecule has 0 atom stereocenters. The third kappa shape index (κ3) is 6.02. The molecule has 0 aromatic heterocycles. The van der Waals surface area contributed by atoms with E-state index in [4.69, 9.17) is 14.6 Å². The highest BCUT2D eigenvalue weighted by Gasteiger charge is 2.15. The van der Waals surface area contributed by atoms with Crippen molar-refractivity contribution in [1.29, 1.82) is 0 Å². The third-order valence-corrected chi connectivity index (χ3v) is 4.17. The SMILES string of the molecule is COc1ccc(CC(C=CC(=O)O)=C(Cc2ccc(OC)cc2)C(=O)O)cc1. The Hall–Kier alpha value is -3.54. The lowest BCUT2D eigenvalue weighted by atomic mass is 9.94. The number of ether oxygens (including phenoxy) is 2. The molecule has 0 saturated heterocycles. The Morgan fingerprint density at radius 3 is 1.64 bits per heavy atom. The van der Waals surface area contributed by atoms with Gasteiger partial charge in [0.2, 0.25) is 0 Å². The standard InChI is InChI=1S/C22H22O6/c1-27-18-8-3-15(4-9-18)13-17(7-12-21(23)24)20(22(25)26)14-16-5-10-19(28-2)11-6-16/h3-12H,13-14H2,1-2H3,(H,23,24)(H,25,26). The van der Waals surface area contributed by atoms with Gasteiger partial charge in [-0.15, -0.1) is 0 Å². The molecule has 0 heterocycles. The van der Waals surface area contributed by atoms with E-state index in [1.165, 1.54) is 6.08 Å². The molecule has 0 aliphatic heterocycles. The first-order valence-corrected chi connectivity index (χ1v) is 8.55. The Kier molecular flexibility index (Phi) is 7.39. The van der Waals surface area contributed by atoms with E-state index < -0.39 is 11.9 Å². The summed E-state index contributed by atoms with van der Waals surface area (Å²) in [6.07, 6.45) is 2.75. The van der Waals surface area contributed by atoms with Gasteiger partial charge < -0.3 is 19.7 Å². The van der Waals surface area contributed by atoms with Crippen molar-refractivity contribution in [2.75, 3.05) is 14.2 Å². The van der Waals surface area contributed by atoms with Gasteiger partial charge in [0.1, 0.15) is 11.5 Å². The van der Waals surface area contributed by atoms with Crippen molar-refractivity contribution in [2.45, 2.75) is 12.8 Å². The number of hydrogen-bond donors (Lipinski definition) is 2. The van der Waals surface area contributed by atoms with Gasteiger partial charge in [0.15, 0.2) is 0 Å². The summed E-state index contributed by atoms with van der Waals surface area (Å²) < 4.78 is 10.2. The first kappa shape index (κ1) is 20.8.